The fourth-order valence-corrected chi connectivity index (χ4v) is 3.50. The van der Waals surface area contributed by atoms with Crippen LogP contribution in [0, 0.1) is 0 Å². The van der Waals surface area contributed by atoms with E-state index >= 15 is 0 Å². The number of rotatable bonds is 0. The zero-order valence-electron chi connectivity index (χ0n) is 5.66. The number of alkyl halides is 1. The number of halogens is 1. The molecule has 0 unspecified atom stereocenters. The Morgan fingerprint density at radius 2 is 2.33 bits per heavy atom. The van der Waals surface area contributed by atoms with E-state index in [1.165, 1.54) is 3.58 Å². The average molecular weight is 238 g/mol. The van der Waals surface area contributed by atoms with Gasteiger partial charge in [-0.2, -0.15) is 0 Å². The second-order valence-electron chi connectivity index (χ2n) is 2.35. The first kappa shape index (κ1) is 7.28. The maximum absolute atomic E-state index is 7.72. The van der Waals surface area contributed by atoms with Crippen molar-refractivity contribution in [3.05, 3.63) is 21.8 Å². The van der Waals surface area contributed by atoms with Crippen LogP contribution in [0.5, 0.6) is 0 Å². The molecule has 1 aliphatic rings. The summed E-state index contributed by atoms with van der Waals surface area (Å²) in [6, 6.07) is 0. The molecule has 0 amide bonds. The number of hydrogen-bond donors (Lipinski definition) is 0. The van der Waals surface area contributed by atoms with E-state index in [0.29, 0.717) is 0 Å². The molecule has 0 aromatic carbocycles. The molecule has 0 aromatic heterocycles. The molecule has 2 N–H and O–H groups in total. The van der Waals surface area contributed by atoms with Crippen molar-refractivity contribution in [3.63, 3.8) is 0 Å². The van der Waals surface area contributed by atoms with E-state index in [-0.39, 0.29) is 24.8 Å². The van der Waals surface area contributed by atoms with Crippen molar-refractivity contribution in [2.45, 2.75) is 17.5 Å². The molecule has 2 heteroatoms. The van der Waals surface area contributed by atoms with E-state index in [1.54, 1.807) is 0 Å². The Morgan fingerprint density at radius 3 is 2.44 bits per heavy atom. The Balaban J connectivity index is 2.84. The molecule has 9 heavy (non-hydrogen) atoms. The minimum absolute atomic E-state index is 0.0789. The van der Waals surface area contributed by atoms with Gasteiger partial charge in [-0.1, -0.05) is 0 Å². The van der Waals surface area contributed by atoms with Crippen molar-refractivity contribution in [2.75, 3.05) is 0 Å². The Kier molecular flexibility index (Phi) is 1.69. The summed E-state index contributed by atoms with van der Waals surface area (Å²) in [6.45, 7) is 7.87. The fraction of sp³-hybridized carbons (Fsp3) is 0.429. The summed E-state index contributed by atoms with van der Waals surface area (Å²) in [6.07, 6.45) is 2.06. The zero-order valence-corrected chi connectivity index (χ0v) is 7.82. The molecule has 1 rings (SSSR count). The van der Waals surface area contributed by atoms with Gasteiger partial charge in [0.25, 0.3) is 0 Å². The molecule has 0 aromatic rings. The van der Waals surface area contributed by atoms with Gasteiger partial charge in [-0.25, -0.2) is 0 Å². The monoisotopic (exact) mass is 238 g/mol. The van der Waals surface area contributed by atoms with Crippen LogP contribution >= 0.6 is 0 Å². The third-order valence-electron chi connectivity index (χ3n) is 1.31. The third kappa shape index (κ3) is 1.35. The van der Waals surface area contributed by atoms with Gasteiger partial charge in [-0.3, -0.25) is 0 Å². The van der Waals surface area contributed by atoms with Crippen molar-refractivity contribution >= 4 is 0 Å². The zero-order chi connectivity index (χ0) is 7.07. The predicted octanol–water partition coefficient (Wildman–Crippen LogP) is -2.01. The van der Waals surface area contributed by atoms with E-state index < -0.39 is 0 Å². The predicted molar refractivity (Wildman–Crippen MR) is 34.9 cm³/mol. The summed E-state index contributed by atoms with van der Waals surface area (Å²) < 4.78 is 1.08. The van der Waals surface area contributed by atoms with Gasteiger partial charge < -0.3 is 0 Å². The second kappa shape index (κ2) is 2.09. The van der Waals surface area contributed by atoms with Gasteiger partial charge in [0.1, 0.15) is 0 Å². The third-order valence-corrected chi connectivity index (χ3v) is 4.25. The van der Waals surface area contributed by atoms with Crippen LogP contribution in [0.15, 0.2) is 21.8 Å². The van der Waals surface area contributed by atoms with Crippen molar-refractivity contribution in [3.8, 4) is 0 Å². The summed E-state index contributed by atoms with van der Waals surface area (Å²) in [4.78, 5) is 0. The first-order chi connectivity index (χ1) is 4.02. The number of hydrogen-bond acceptors (Lipinski definition) is 0. The molecule has 52 valence electrons. The number of allylic oxidation sites excluding steroid dienone is 1. The van der Waals surface area contributed by atoms with Gasteiger partial charge in [0.05, 0.1) is 0 Å². The van der Waals surface area contributed by atoms with Crippen LogP contribution in [-0.4, -0.2) is 8.71 Å². The molecule has 0 saturated carbocycles. The maximum atomic E-state index is 7.72. The second-order valence-corrected chi connectivity index (χ2v) is 6.75. The van der Waals surface area contributed by atoms with Gasteiger partial charge in [0, 0.05) is 0 Å². The van der Waals surface area contributed by atoms with Crippen LogP contribution in [0.4, 0.5) is 0 Å². The van der Waals surface area contributed by atoms with Crippen LogP contribution < -0.4 is 21.2 Å². The van der Waals surface area contributed by atoms with Crippen LogP contribution in [0.1, 0.15) is 13.8 Å². The SMILES string of the molecule is C=C1C=C(C)[I-][C@@]1(C)[OH2+]. The molecule has 1 atom stereocenters. The quantitative estimate of drug-likeness (QED) is 0.264. The van der Waals surface area contributed by atoms with E-state index in [0.717, 1.165) is 5.57 Å². The molecule has 0 saturated heterocycles. The standard InChI is InChI=1S/C7H10IO/c1-5-4-6(2)8-7(5,3)9/h4,9H,1H2,2-3H3/q-1/p+1/t7-/m0/s1. The van der Waals surface area contributed by atoms with Gasteiger partial charge in [-0.05, 0) is 0 Å². The van der Waals surface area contributed by atoms with Crippen molar-refractivity contribution in [2.24, 2.45) is 0 Å². The molecular formula is C7H11IO. The van der Waals surface area contributed by atoms with E-state index in [1.807, 2.05) is 6.92 Å². The summed E-state index contributed by atoms with van der Waals surface area (Å²) in [5.41, 5.74) is 0.993. The van der Waals surface area contributed by atoms with Gasteiger partial charge in [0.2, 0.25) is 0 Å². The molecule has 1 nitrogen and oxygen atoms in total. The van der Waals surface area contributed by atoms with Crippen LogP contribution in [0.3, 0.4) is 0 Å². The molecule has 1 aliphatic heterocycles. The van der Waals surface area contributed by atoms with Gasteiger partial charge >= 0.3 is 65.6 Å². The van der Waals surface area contributed by atoms with E-state index in [4.69, 9.17) is 5.11 Å². The molecule has 0 spiro atoms. The summed E-state index contributed by atoms with van der Waals surface area (Å²) in [5, 5.41) is 7.72. The minimum atomic E-state index is -0.303. The van der Waals surface area contributed by atoms with Crippen LogP contribution in [-0.2, 0) is 0 Å². The van der Waals surface area contributed by atoms with Crippen LogP contribution in [0.2, 0.25) is 0 Å². The van der Waals surface area contributed by atoms with E-state index in [2.05, 4.69) is 19.6 Å². The topological polar surface area (TPSA) is 22.9 Å². The van der Waals surface area contributed by atoms with Crippen molar-refractivity contribution in [1.29, 1.82) is 0 Å². The summed E-state index contributed by atoms with van der Waals surface area (Å²) >= 11 is -0.0789. The average Bonchev–Trinajstić information content (AvgIpc) is 1.79. The van der Waals surface area contributed by atoms with E-state index in [9.17, 15) is 0 Å². The Labute approximate surface area is 65.7 Å². The summed E-state index contributed by atoms with van der Waals surface area (Å²) in [5.74, 6) is 0. The van der Waals surface area contributed by atoms with Gasteiger partial charge in [0.15, 0.2) is 0 Å². The first-order valence-corrected chi connectivity index (χ1v) is 4.97. The molecule has 0 radical (unpaired) electrons. The Morgan fingerprint density at radius 1 is 1.78 bits per heavy atom. The Bertz CT molecular complexity index is 179. The normalized spacial score (nSPS) is 35.9. The fourth-order valence-electron chi connectivity index (χ4n) is 0.762. The first-order valence-electron chi connectivity index (χ1n) is 2.81. The molecule has 0 aliphatic carbocycles. The molecule has 0 fully saturated rings. The molecule has 1 heterocycles. The van der Waals surface area contributed by atoms with Crippen LogP contribution in [0.25, 0.3) is 0 Å². The molecular weight excluding hydrogens is 227 g/mol. The molecule has 0 bridgehead atoms. The Hall–Kier alpha value is 0.170. The van der Waals surface area contributed by atoms with Crippen molar-refractivity contribution in [1.82, 2.24) is 0 Å². The van der Waals surface area contributed by atoms with Crippen molar-refractivity contribution < 1.29 is 26.3 Å². The van der Waals surface area contributed by atoms with Gasteiger partial charge in [-0.15, -0.1) is 0 Å². The summed E-state index contributed by atoms with van der Waals surface area (Å²) in [7, 11) is 0.